The maximum Gasteiger partial charge on any atom is 0.328 e. The van der Waals surface area contributed by atoms with E-state index in [1.54, 1.807) is 0 Å². The van der Waals surface area contributed by atoms with Crippen molar-refractivity contribution in [2.24, 2.45) is 5.92 Å². The van der Waals surface area contributed by atoms with Crippen LogP contribution >= 0.6 is 0 Å². The molecule has 1 aromatic heterocycles. The lowest BCUT2D eigenvalue weighted by atomic mass is 10.1. The summed E-state index contributed by atoms with van der Waals surface area (Å²) in [5.41, 5.74) is -0.697. The molecule has 2 N–H and O–H groups in total. The smallest absolute Gasteiger partial charge is 0.315 e. The van der Waals surface area contributed by atoms with Crippen molar-refractivity contribution in [3.05, 3.63) is 33.1 Å². The van der Waals surface area contributed by atoms with E-state index < -0.39 is 0 Å². The Kier molecular flexibility index (Phi) is 5.69. The highest BCUT2D eigenvalue weighted by molar-refractivity contribution is 4.82. The average molecular weight is 239 g/mol. The van der Waals surface area contributed by atoms with Gasteiger partial charge in [-0.15, -0.1) is 0 Å². The Bertz CT molecular complexity index is 434. The molecule has 1 rings (SSSR count). The first-order valence-electron chi connectivity index (χ1n) is 6.10. The summed E-state index contributed by atoms with van der Waals surface area (Å²) in [6, 6.07) is 1.36. The predicted octanol–water partition coefficient (Wildman–Crippen LogP) is 0.562. The van der Waals surface area contributed by atoms with Crippen molar-refractivity contribution < 1.29 is 0 Å². The van der Waals surface area contributed by atoms with Crippen molar-refractivity contribution in [1.29, 1.82) is 0 Å². The summed E-state index contributed by atoms with van der Waals surface area (Å²) in [4.78, 5) is 24.4. The van der Waals surface area contributed by atoms with Crippen LogP contribution in [0.2, 0.25) is 0 Å². The van der Waals surface area contributed by atoms with Gasteiger partial charge in [0.25, 0.3) is 5.56 Å². The van der Waals surface area contributed by atoms with Gasteiger partial charge in [0.1, 0.15) is 0 Å². The number of aromatic nitrogens is 2. The van der Waals surface area contributed by atoms with Crippen molar-refractivity contribution in [3.63, 3.8) is 0 Å². The Morgan fingerprint density at radius 1 is 1.35 bits per heavy atom. The largest absolute Gasteiger partial charge is 0.328 e. The molecule has 0 radical (unpaired) electrons. The number of aromatic amines is 1. The molecule has 0 unspecified atom stereocenters. The molecule has 0 saturated heterocycles. The van der Waals surface area contributed by atoms with Crippen LogP contribution in [0.15, 0.2) is 21.9 Å². The molecule has 0 atom stereocenters. The van der Waals surface area contributed by atoms with Gasteiger partial charge in [-0.1, -0.05) is 13.8 Å². The fraction of sp³-hybridized carbons (Fsp3) is 0.667. The lowest BCUT2D eigenvalue weighted by molar-refractivity contribution is 0.510. The van der Waals surface area contributed by atoms with Crippen LogP contribution in [0.3, 0.4) is 0 Å². The van der Waals surface area contributed by atoms with E-state index in [1.165, 1.54) is 23.3 Å². The predicted molar refractivity (Wildman–Crippen MR) is 68.3 cm³/mol. The van der Waals surface area contributed by atoms with Crippen molar-refractivity contribution >= 4 is 0 Å². The SMILES string of the molecule is CC(C)CCCNCCn1ccc(=O)[nH]c1=O. The van der Waals surface area contributed by atoms with Crippen molar-refractivity contribution in [2.75, 3.05) is 13.1 Å². The maximum atomic E-state index is 11.3. The lowest BCUT2D eigenvalue weighted by Gasteiger charge is -2.07. The first kappa shape index (κ1) is 13.7. The van der Waals surface area contributed by atoms with E-state index >= 15 is 0 Å². The third-order valence-electron chi connectivity index (χ3n) is 2.56. The highest BCUT2D eigenvalue weighted by atomic mass is 16.2. The summed E-state index contributed by atoms with van der Waals surface area (Å²) >= 11 is 0. The molecule has 0 aliphatic heterocycles. The van der Waals surface area contributed by atoms with Gasteiger partial charge < -0.3 is 5.32 Å². The van der Waals surface area contributed by atoms with Crippen LogP contribution in [-0.2, 0) is 6.54 Å². The molecule has 17 heavy (non-hydrogen) atoms. The molecule has 0 aliphatic carbocycles. The third-order valence-corrected chi connectivity index (χ3v) is 2.56. The van der Waals surface area contributed by atoms with Crippen LogP contribution in [0.1, 0.15) is 26.7 Å². The van der Waals surface area contributed by atoms with Crippen LogP contribution in [0.4, 0.5) is 0 Å². The topological polar surface area (TPSA) is 66.9 Å². The first-order chi connectivity index (χ1) is 8.09. The van der Waals surface area contributed by atoms with Crippen LogP contribution in [0.5, 0.6) is 0 Å². The quantitative estimate of drug-likeness (QED) is 0.683. The van der Waals surface area contributed by atoms with Gasteiger partial charge in [0, 0.05) is 25.4 Å². The van der Waals surface area contributed by atoms with Gasteiger partial charge in [-0.3, -0.25) is 14.3 Å². The van der Waals surface area contributed by atoms with E-state index in [-0.39, 0.29) is 11.2 Å². The summed E-state index contributed by atoms with van der Waals surface area (Å²) in [7, 11) is 0. The van der Waals surface area contributed by atoms with Gasteiger partial charge in [-0.25, -0.2) is 4.79 Å². The summed E-state index contributed by atoms with van der Waals surface area (Å²) < 4.78 is 1.50. The van der Waals surface area contributed by atoms with Gasteiger partial charge in [0.15, 0.2) is 0 Å². The second-order valence-electron chi connectivity index (χ2n) is 4.59. The van der Waals surface area contributed by atoms with Gasteiger partial charge >= 0.3 is 5.69 Å². The minimum Gasteiger partial charge on any atom is -0.315 e. The van der Waals surface area contributed by atoms with Crippen molar-refractivity contribution in [2.45, 2.75) is 33.2 Å². The van der Waals surface area contributed by atoms with E-state index in [9.17, 15) is 9.59 Å². The monoisotopic (exact) mass is 239 g/mol. The lowest BCUT2D eigenvalue weighted by Crippen LogP contribution is -2.32. The van der Waals surface area contributed by atoms with Crippen LogP contribution in [0, 0.1) is 5.92 Å². The second kappa shape index (κ2) is 7.06. The minimum atomic E-state index is -0.351. The molecule has 0 aromatic carbocycles. The number of rotatable bonds is 7. The number of nitrogens with zero attached hydrogens (tertiary/aromatic N) is 1. The summed E-state index contributed by atoms with van der Waals surface area (Å²) in [5, 5.41) is 3.28. The highest BCUT2D eigenvalue weighted by Gasteiger charge is 1.96. The van der Waals surface area contributed by atoms with E-state index in [0.29, 0.717) is 6.54 Å². The summed E-state index contributed by atoms with van der Waals surface area (Å²) in [5.74, 6) is 0.735. The fourth-order valence-corrected chi connectivity index (χ4v) is 1.58. The van der Waals surface area contributed by atoms with E-state index in [1.807, 2.05) is 0 Å². The zero-order valence-corrected chi connectivity index (χ0v) is 10.5. The van der Waals surface area contributed by atoms with E-state index in [4.69, 9.17) is 0 Å². The summed E-state index contributed by atoms with van der Waals surface area (Å²) in [6.07, 6.45) is 3.89. The minimum absolute atomic E-state index is 0.346. The van der Waals surface area contributed by atoms with Gasteiger partial charge in [-0.2, -0.15) is 0 Å². The second-order valence-corrected chi connectivity index (χ2v) is 4.59. The Morgan fingerprint density at radius 2 is 2.12 bits per heavy atom. The molecule has 0 saturated carbocycles. The molecule has 96 valence electrons. The van der Waals surface area contributed by atoms with Gasteiger partial charge in [-0.05, 0) is 25.3 Å². The number of nitrogens with one attached hydrogen (secondary N) is 2. The molecule has 0 aliphatic rings. The third kappa shape index (κ3) is 5.49. The molecule has 5 nitrogen and oxygen atoms in total. The number of hydrogen-bond donors (Lipinski definition) is 2. The van der Waals surface area contributed by atoms with Crippen LogP contribution < -0.4 is 16.6 Å². The van der Waals surface area contributed by atoms with Gasteiger partial charge in [0.2, 0.25) is 0 Å². The van der Waals surface area contributed by atoms with Crippen LogP contribution in [-0.4, -0.2) is 22.6 Å². The molecule has 0 bridgehead atoms. The summed E-state index contributed by atoms with van der Waals surface area (Å²) in [6.45, 7) is 6.71. The molecule has 1 aromatic rings. The maximum absolute atomic E-state index is 11.3. The fourth-order valence-electron chi connectivity index (χ4n) is 1.58. The number of H-pyrrole nitrogens is 1. The van der Waals surface area contributed by atoms with Crippen molar-refractivity contribution in [1.82, 2.24) is 14.9 Å². The zero-order chi connectivity index (χ0) is 12.7. The molecular weight excluding hydrogens is 218 g/mol. The van der Waals surface area contributed by atoms with E-state index in [2.05, 4.69) is 24.1 Å². The van der Waals surface area contributed by atoms with Crippen molar-refractivity contribution in [3.8, 4) is 0 Å². The molecule has 0 spiro atoms. The van der Waals surface area contributed by atoms with Crippen LogP contribution in [0.25, 0.3) is 0 Å². The molecule has 0 amide bonds. The normalized spacial score (nSPS) is 11.0. The highest BCUT2D eigenvalue weighted by Crippen LogP contribution is 2.01. The number of hydrogen-bond acceptors (Lipinski definition) is 3. The standard InChI is InChI=1S/C12H21N3O2/c1-10(2)4-3-6-13-7-9-15-8-5-11(16)14-12(15)17/h5,8,10,13H,3-4,6-7,9H2,1-2H3,(H,14,16,17). The van der Waals surface area contributed by atoms with Gasteiger partial charge in [0.05, 0.1) is 0 Å². The average Bonchev–Trinajstić information content (AvgIpc) is 2.25. The molecule has 1 heterocycles. The Labute approximate surface area is 101 Å². The Morgan fingerprint density at radius 3 is 2.76 bits per heavy atom. The Balaban J connectivity index is 2.22. The first-order valence-corrected chi connectivity index (χ1v) is 6.10. The molecular formula is C12H21N3O2. The molecule has 0 fully saturated rings. The zero-order valence-electron chi connectivity index (χ0n) is 10.5. The van der Waals surface area contributed by atoms with E-state index in [0.717, 1.165) is 25.4 Å². The Hall–Kier alpha value is -1.36. The molecule has 5 heteroatoms.